The minimum Gasteiger partial charge on any atom is -0.462 e. The minimum absolute atomic E-state index is 0.271. The summed E-state index contributed by atoms with van der Waals surface area (Å²) in [6.07, 6.45) is 5.13. The number of amides is 3. The molecule has 0 radical (unpaired) electrons. The Balaban J connectivity index is 1.26. The summed E-state index contributed by atoms with van der Waals surface area (Å²) in [5, 5.41) is 6.39. The van der Waals surface area contributed by atoms with Gasteiger partial charge in [-0.1, -0.05) is 18.2 Å². The van der Waals surface area contributed by atoms with Crippen LogP contribution in [0, 0.1) is 5.92 Å². The number of ether oxygens (including phenoxy) is 2. The van der Waals surface area contributed by atoms with Crippen LogP contribution in [0.25, 0.3) is 0 Å². The fraction of sp³-hybridized carbons (Fsp3) is 0.480. The summed E-state index contributed by atoms with van der Waals surface area (Å²) in [5.41, 5.74) is 1.54. The molecular formula is C25H31N3O5S. The Labute approximate surface area is 203 Å². The van der Waals surface area contributed by atoms with E-state index in [1.54, 1.807) is 24.0 Å². The number of nitrogens with one attached hydrogen (secondary N) is 2. The molecular weight excluding hydrogens is 454 g/mol. The third-order valence-corrected chi connectivity index (χ3v) is 7.46. The second-order valence-electron chi connectivity index (χ2n) is 8.58. The van der Waals surface area contributed by atoms with Crippen LogP contribution in [-0.4, -0.2) is 49.2 Å². The average molecular weight is 486 g/mol. The molecule has 3 amide bonds. The van der Waals surface area contributed by atoms with Crippen LogP contribution in [0.4, 0.5) is 14.6 Å². The van der Waals surface area contributed by atoms with Crippen LogP contribution >= 0.6 is 11.3 Å². The third-order valence-electron chi connectivity index (χ3n) is 6.25. The molecule has 4 rings (SSSR count). The van der Waals surface area contributed by atoms with Gasteiger partial charge in [-0.15, -0.1) is 11.3 Å². The van der Waals surface area contributed by atoms with Gasteiger partial charge in [0.25, 0.3) is 0 Å². The SMILES string of the molecule is CCOC(=O)c1c(NC(=O)NCC2CCN(C(=O)Oc3ccccc3)CC2)sc2c1CCCC2. The zero-order chi connectivity index (χ0) is 23.9. The number of likely N-dealkylation sites (tertiary alicyclic amines) is 1. The molecule has 1 aromatic heterocycles. The summed E-state index contributed by atoms with van der Waals surface area (Å²) in [6, 6.07) is 8.71. The van der Waals surface area contributed by atoms with Gasteiger partial charge in [0, 0.05) is 24.5 Å². The van der Waals surface area contributed by atoms with Crippen molar-refractivity contribution in [1.82, 2.24) is 10.2 Å². The number of benzene rings is 1. The number of aryl methyl sites for hydroxylation is 1. The van der Waals surface area contributed by atoms with E-state index in [1.165, 1.54) is 16.2 Å². The van der Waals surface area contributed by atoms with E-state index in [1.807, 2.05) is 18.2 Å². The van der Waals surface area contributed by atoms with Gasteiger partial charge in [-0.25, -0.2) is 14.4 Å². The number of fused-ring (bicyclic) bond motifs is 1. The van der Waals surface area contributed by atoms with Crippen molar-refractivity contribution in [3.8, 4) is 5.75 Å². The number of esters is 1. The van der Waals surface area contributed by atoms with Gasteiger partial charge in [0.05, 0.1) is 12.2 Å². The van der Waals surface area contributed by atoms with Gasteiger partial charge < -0.3 is 19.7 Å². The summed E-state index contributed by atoms with van der Waals surface area (Å²) < 4.78 is 10.7. The molecule has 0 spiro atoms. The molecule has 1 aliphatic heterocycles. The Kier molecular flexibility index (Phi) is 8.05. The molecule has 1 saturated heterocycles. The van der Waals surface area contributed by atoms with Crippen molar-refractivity contribution >= 4 is 34.4 Å². The molecule has 0 unspecified atom stereocenters. The van der Waals surface area contributed by atoms with Gasteiger partial charge in [0.15, 0.2) is 0 Å². The quantitative estimate of drug-likeness (QED) is 0.571. The lowest BCUT2D eigenvalue weighted by Crippen LogP contribution is -2.43. The number of hydrogen-bond donors (Lipinski definition) is 2. The van der Waals surface area contributed by atoms with E-state index in [0.29, 0.717) is 42.6 Å². The third kappa shape index (κ3) is 5.88. The Bertz CT molecular complexity index is 1020. The molecule has 0 atom stereocenters. The van der Waals surface area contributed by atoms with E-state index in [0.717, 1.165) is 44.1 Å². The van der Waals surface area contributed by atoms with Crippen molar-refractivity contribution in [3.05, 3.63) is 46.3 Å². The highest BCUT2D eigenvalue weighted by molar-refractivity contribution is 7.17. The van der Waals surface area contributed by atoms with E-state index in [9.17, 15) is 14.4 Å². The molecule has 2 N–H and O–H groups in total. The highest BCUT2D eigenvalue weighted by Gasteiger charge is 2.28. The van der Waals surface area contributed by atoms with Crippen molar-refractivity contribution in [2.24, 2.45) is 5.92 Å². The normalized spacial score (nSPS) is 15.9. The van der Waals surface area contributed by atoms with Gasteiger partial charge in [0.2, 0.25) is 0 Å². The standard InChI is InChI=1S/C25H31N3O5S/c1-2-32-23(29)21-19-10-6-7-11-20(19)34-22(21)27-24(30)26-16-17-12-14-28(15-13-17)25(31)33-18-8-4-3-5-9-18/h3-5,8-9,17H,2,6-7,10-16H2,1H3,(H2,26,27,30). The van der Waals surface area contributed by atoms with Gasteiger partial charge in [-0.2, -0.15) is 0 Å². The minimum atomic E-state index is -0.369. The summed E-state index contributed by atoms with van der Waals surface area (Å²) in [7, 11) is 0. The number of nitrogens with zero attached hydrogens (tertiary/aromatic N) is 1. The number of urea groups is 1. The molecule has 2 aromatic rings. The van der Waals surface area contributed by atoms with E-state index in [-0.39, 0.29) is 24.0 Å². The Morgan fingerprint density at radius 3 is 2.56 bits per heavy atom. The number of carbonyl (C=O) groups is 3. The van der Waals surface area contributed by atoms with Crippen LogP contribution in [0.2, 0.25) is 0 Å². The van der Waals surface area contributed by atoms with E-state index in [2.05, 4.69) is 10.6 Å². The Morgan fingerprint density at radius 1 is 1.09 bits per heavy atom. The zero-order valence-electron chi connectivity index (χ0n) is 19.4. The molecule has 8 nitrogen and oxygen atoms in total. The molecule has 1 fully saturated rings. The van der Waals surface area contributed by atoms with Crippen molar-refractivity contribution in [2.75, 3.05) is 31.6 Å². The predicted molar refractivity (Wildman–Crippen MR) is 131 cm³/mol. The monoisotopic (exact) mass is 485 g/mol. The highest BCUT2D eigenvalue weighted by Crippen LogP contribution is 2.38. The molecule has 34 heavy (non-hydrogen) atoms. The molecule has 2 heterocycles. The first-order valence-electron chi connectivity index (χ1n) is 11.9. The number of carbonyl (C=O) groups excluding carboxylic acids is 3. The molecule has 2 aliphatic rings. The predicted octanol–water partition coefficient (Wildman–Crippen LogP) is 4.84. The second kappa shape index (κ2) is 11.4. The maximum Gasteiger partial charge on any atom is 0.415 e. The lowest BCUT2D eigenvalue weighted by Gasteiger charge is -2.31. The van der Waals surface area contributed by atoms with Crippen molar-refractivity contribution in [3.63, 3.8) is 0 Å². The molecule has 182 valence electrons. The molecule has 9 heteroatoms. The summed E-state index contributed by atoms with van der Waals surface area (Å²) >= 11 is 1.48. The van der Waals surface area contributed by atoms with Crippen LogP contribution in [-0.2, 0) is 17.6 Å². The number of piperidine rings is 1. The highest BCUT2D eigenvalue weighted by atomic mass is 32.1. The van der Waals surface area contributed by atoms with Crippen molar-refractivity contribution < 1.29 is 23.9 Å². The number of hydrogen-bond acceptors (Lipinski definition) is 6. The molecule has 0 bridgehead atoms. The van der Waals surface area contributed by atoms with Gasteiger partial charge in [-0.3, -0.25) is 5.32 Å². The fourth-order valence-corrected chi connectivity index (χ4v) is 5.70. The van der Waals surface area contributed by atoms with Gasteiger partial charge in [-0.05, 0) is 69.1 Å². The molecule has 0 saturated carbocycles. The maximum absolute atomic E-state index is 12.6. The molecule has 1 aliphatic carbocycles. The van der Waals surface area contributed by atoms with Gasteiger partial charge >= 0.3 is 18.1 Å². The average Bonchev–Trinajstić information content (AvgIpc) is 3.21. The number of anilines is 1. The van der Waals surface area contributed by atoms with Crippen LogP contribution in [0.3, 0.4) is 0 Å². The van der Waals surface area contributed by atoms with Crippen LogP contribution in [0.15, 0.2) is 30.3 Å². The van der Waals surface area contributed by atoms with Crippen molar-refractivity contribution in [1.29, 1.82) is 0 Å². The van der Waals surface area contributed by atoms with Gasteiger partial charge in [0.1, 0.15) is 10.8 Å². The van der Waals surface area contributed by atoms with Crippen LogP contribution in [0.1, 0.15) is 53.4 Å². The Morgan fingerprint density at radius 2 is 1.82 bits per heavy atom. The zero-order valence-corrected chi connectivity index (χ0v) is 20.2. The molecule has 1 aromatic carbocycles. The second-order valence-corrected chi connectivity index (χ2v) is 9.69. The Hall–Kier alpha value is -3.07. The topological polar surface area (TPSA) is 97.0 Å². The first-order valence-corrected chi connectivity index (χ1v) is 12.7. The number of para-hydroxylation sites is 1. The first kappa shape index (κ1) is 24.1. The number of thiophene rings is 1. The number of rotatable bonds is 6. The van der Waals surface area contributed by atoms with E-state index >= 15 is 0 Å². The summed E-state index contributed by atoms with van der Waals surface area (Å²) in [6.45, 7) is 3.76. The maximum atomic E-state index is 12.6. The first-order chi connectivity index (χ1) is 16.5. The fourth-order valence-electron chi connectivity index (χ4n) is 4.43. The lowest BCUT2D eigenvalue weighted by atomic mass is 9.95. The van der Waals surface area contributed by atoms with Crippen molar-refractivity contribution in [2.45, 2.75) is 45.4 Å². The largest absolute Gasteiger partial charge is 0.462 e. The summed E-state index contributed by atoms with van der Waals surface area (Å²) in [4.78, 5) is 40.4. The smallest absolute Gasteiger partial charge is 0.415 e. The van der Waals surface area contributed by atoms with E-state index < -0.39 is 0 Å². The lowest BCUT2D eigenvalue weighted by molar-refractivity contribution is 0.0526. The van der Waals surface area contributed by atoms with Crippen LogP contribution in [0.5, 0.6) is 5.75 Å². The summed E-state index contributed by atoms with van der Waals surface area (Å²) in [5.74, 6) is 0.435. The van der Waals surface area contributed by atoms with Crippen LogP contribution < -0.4 is 15.4 Å². The van der Waals surface area contributed by atoms with E-state index in [4.69, 9.17) is 9.47 Å².